The van der Waals surface area contributed by atoms with E-state index in [1.807, 2.05) is 6.92 Å². The molecule has 1 unspecified atom stereocenters. The molecule has 4 aliphatic rings. The molecular weight excluding hydrogens is 358 g/mol. The van der Waals surface area contributed by atoms with E-state index in [0.717, 1.165) is 32.1 Å². The molecule has 0 aromatic heterocycles. The first-order chi connectivity index (χ1) is 12.2. The van der Waals surface area contributed by atoms with Crippen molar-refractivity contribution in [3.8, 4) is 0 Å². The van der Waals surface area contributed by atoms with E-state index in [4.69, 9.17) is 11.6 Å². The number of ketones is 2. The summed E-state index contributed by atoms with van der Waals surface area (Å²) < 4.78 is 26.4. The van der Waals surface area contributed by atoms with Gasteiger partial charge >= 0.3 is 0 Å². The zero-order valence-electron chi connectivity index (χ0n) is 15.6. The summed E-state index contributed by atoms with van der Waals surface area (Å²) in [5.74, 6) is 0.463. The molecular formula is C21H29ClF2O2. The van der Waals surface area contributed by atoms with E-state index in [1.165, 1.54) is 0 Å². The Balaban J connectivity index is 1.63. The zero-order chi connectivity index (χ0) is 18.9. The van der Waals surface area contributed by atoms with Crippen molar-refractivity contribution in [3.63, 3.8) is 0 Å². The Bertz CT molecular complexity index is 623. The van der Waals surface area contributed by atoms with Crippen LogP contribution in [-0.2, 0) is 9.59 Å². The van der Waals surface area contributed by atoms with Crippen LogP contribution in [0, 0.1) is 40.4 Å². The first kappa shape index (κ1) is 18.8. The summed E-state index contributed by atoms with van der Waals surface area (Å²) in [5.41, 5.74) is -0.209. The maximum absolute atomic E-state index is 13.2. The average Bonchev–Trinajstić information content (AvgIpc) is 2.85. The summed E-state index contributed by atoms with van der Waals surface area (Å²) in [6.07, 6.45) is 4.01. The lowest BCUT2D eigenvalue weighted by atomic mass is 9.44. The molecule has 0 aromatic rings. The van der Waals surface area contributed by atoms with Gasteiger partial charge in [-0.2, -0.15) is 0 Å². The standard InChI is InChI=1S/C21H29ClF2O2/c1-20-7-5-12(25)9-11(20)3-4-13-14(20)6-8-21(2)15(13)10-16(22)17(21)18(26)19(23)24/h11,13-17,19H,3-10H2,1-2H3/t11?,13-,14+,15+,16-,17-,20+,21+/m1/s1. The Hall–Kier alpha value is -0.510. The van der Waals surface area contributed by atoms with Gasteiger partial charge in [-0.15, -0.1) is 11.6 Å². The topological polar surface area (TPSA) is 34.1 Å². The van der Waals surface area contributed by atoms with Gasteiger partial charge in [0.15, 0.2) is 0 Å². The van der Waals surface area contributed by atoms with Crippen molar-refractivity contribution >= 4 is 23.2 Å². The number of carbonyl (C=O) groups is 2. The van der Waals surface area contributed by atoms with E-state index < -0.39 is 28.9 Å². The average molecular weight is 387 g/mol. The third-order valence-electron chi connectivity index (χ3n) is 8.99. The second-order valence-electron chi connectivity index (χ2n) is 9.88. The quantitative estimate of drug-likeness (QED) is 0.606. The maximum atomic E-state index is 13.2. The molecule has 0 saturated heterocycles. The fourth-order valence-electron chi connectivity index (χ4n) is 7.65. The number of carbonyl (C=O) groups excluding carboxylic acids is 2. The van der Waals surface area contributed by atoms with Gasteiger partial charge in [0.25, 0.3) is 6.43 Å². The van der Waals surface area contributed by atoms with Crippen LogP contribution in [-0.4, -0.2) is 23.4 Å². The summed E-state index contributed by atoms with van der Waals surface area (Å²) >= 11 is 6.51. The highest BCUT2D eigenvalue weighted by molar-refractivity contribution is 6.22. The summed E-state index contributed by atoms with van der Waals surface area (Å²) in [6.45, 7) is 4.40. The summed E-state index contributed by atoms with van der Waals surface area (Å²) in [4.78, 5) is 24.2. The van der Waals surface area contributed by atoms with E-state index in [-0.39, 0.29) is 11.3 Å². The number of hydrogen-bond donors (Lipinski definition) is 0. The summed E-state index contributed by atoms with van der Waals surface area (Å²) in [5, 5.41) is -0.469. The highest BCUT2D eigenvalue weighted by Crippen LogP contribution is 2.68. The smallest absolute Gasteiger partial charge is 0.296 e. The molecule has 8 atom stereocenters. The van der Waals surface area contributed by atoms with Crippen molar-refractivity contribution in [2.45, 2.75) is 77.0 Å². The molecule has 0 aromatic carbocycles. The van der Waals surface area contributed by atoms with Gasteiger partial charge < -0.3 is 0 Å². The lowest BCUT2D eigenvalue weighted by molar-refractivity contribution is -0.148. The first-order valence-electron chi connectivity index (χ1n) is 10.2. The largest absolute Gasteiger partial charge is 0.300 e. The molecule has 0 amide bonds. The van der Waals surface area contributed by atoms with Crippen LogP contribution in [0.15, 0.2) is 0 Å². The third-order valence-corrected chi connectivity index (χ3v) is 9.42. The second kappa shape index (κ2) is 6.25. The molecule has 146 valence electrons. The Kier molecular flexibility index (Phi) is 4.53. The van der Waals surface area contributed by atoms with Gasteiger partial charge in [0.1, 0.15) is 5.78 Å². The van der Waals surface area contributed by atoms with Gasteiger partial charge in [0.05, 0.1) is 0 Å². The van der Waals surface area contributed by atoms with Crippen LogP contribution >= 0.6 is 11.6 Å². The Labute approximate surface area is 159 Å². The number of fused-ring (bicyclic) bond motifs is 5. The Morgan fingerprint density at radius 3 is 2.54 bits per heavy atom. The van der Waals surface area contributed by atoms with Crippen molar-refractivity contribution in [2.24, 2.45) is 40.4 Å². The number of alkyl halides is 3. The highest BCUT2D eigenvalue weighted by Gasteiger charge is 2.64. The minimum atomic E-state index is -2.92. The van der Waals surface area contributed by atoms with Crippen LogP contribution in [0.1, 0.15) is 65.2 Å². The monoisotopic (exact) mass is 386 g/mol. The lowest BCUT2D eigenvalue weighted by Crippen LogP contribution is -2.54. The minimum Gasteiger partial charge on any atom is -0.300 e. The van der Waals surface area contributed by atoms with Crippen molar-refractivity contribution in [3.05, 3.63) is 0 Å². The molecule has 4 rings (SSSR count). The predicted octanol–water partition coefficient (Wildman–Crippen LogP) is 5.27. The SMILES string of the molecule is C[C@]12CC[C@H]3[C@@H](CCC4CC(=O)CC[C@@]43C)[C@@H]1C[C@@H](Cl)[C@@H]2C(=O)C(F)F. The maximum Gasteiger partial charge on any atom is 0.296 e. The fourth-order valence-corrected chi connectivity index (χ4v) is 8.26. The molecule has 5 heteroatoms. The van der Waals surface area contributed by atoms with E-state index >= 15 is 0 Å². The molecule has 4 fully saturated rings. The van der Waals surface area contributed by atoms with Crippen LogP contribution in [0.5, 0.6) is 0 Å². The number of Topliss-reactive ketones (excluding diaryl/α,β-unsaturated/α-hetero) is 2. The van der Waals surface area contributed by atoms with Crippen molar-refractivity contribution < 1.29 is 18.4 Å². The zero-order valence-corrected chi connectivity index (χ0v) is 16.4. The van der Waals surface area contributed by atoms with Gasteiger partial charge in [-0.25, -0.2) is 8.78 Å². The molecule has 0 radical (unpaired) electrons. The van der Waals surface area contributed by atoms with E-state index in [9.17, 15) is 18.4 Å². The first-order valence-corrected chi connectivity index (χ1v) is 10.6. The number of hydrogen-bond acceptors (Lipinski definition) is 2. The van der Waals surface area contributed by atoms with E-state index in [1.54, 1.807) is 0 Å². The van der Waals surface area contributed by atoms with Crippen molar-refractivity contribution in [1.82, 2.24) is 0 Å². The molecule has 4 aliphatic carbocycles. The van der Waals surface area contributed by atoms with Crippen LogP contribution < -0.4 is 0 Å². The molecule has 0 N–H and O–H groups in total. The van der Waals surface area contributed by atoms with Gasteiger partial charge in [0.2, 0.25) is 5.78 Å². The predicted molar refractivity (Wildman–Crippen MR) is 96.3 cm³/mol. The van der Waals surface area contributed by atoms with Crippen LogP contribution in [0.4, 0.5) is 8.78 Å². The van der Waals surface area contributed by atoms with E-state index in [0.29, 0.717) is 42.8 Å². The number of halogens is 3. The second-order valence-corrected chi connectivity index (χ2v) is 10.4. The van der Waals surface area contributed by atoms with Crippen LogP contribution in [0.25, 0.3) is 0 Å². The lowest BCUT2D eigenvalue weighted by Gasteiger charge is -2.60. The van der Waals surface area contributed by atoms with Crippen LogP contribution in [0.2, 0.25) is 0 Å². The molecule has 4 saturated carbocycles. The Morgan fingerprint density at radius 1 is 1.12 bits per heavy atom. The van der Waals surface area contributed by atoms with Gasteiger partial charge in [-0.05, 0) is 73.0 Å². The molecule has 26 heavy (non-hydrogen) atoms. The van der Waals surface area contributed by atoms with Gasteiger partial charge in [-0.3, -0.25) is 9.59 Å². The minimum absolute atomic E-state index is 0.185. The fraction of sp³-hybridized carbons (Fsp3) is 0.905. The van der Waals surface area contributed by atoms with Crippen molar-refractivity contribution in [2.75, 3.05) is 0 Å². The van der Waals surface area contributed by atoms with Crippen LogP contribution in [0.3, 0.4) is 0 Å². The molecule has 2 nitrogen and oxygen atoms in total. The van der Waals surface area contributed by atoms with Gasteiger partial charge in [-0.1, -0.05) is 13.8 Å². The number of rotatable bonds is 2. The van der Waals surface area contributed by atoms with E-state index in [2.05, 4.69) is 6.92 Å². The molecule has 0 aliphatic heterocycles. The molecule has 0 spiro atoms. The van der Waals surface area contributed by atoms with Crippen molar-refractivity contribution in [1.29, 1.82) is 0 Å². The summed E-state index contributed by atoms with van der Waals surface area (Å²) in [6, 6.07) is 0. The Morgan fingerprint density at radius 2 is 1.85 bits per heavy atom. The highest BCUT2D eigenvalue weighted by atomic mass is 35.5. The summed E-state index contributed by atoms with van der Waals surface area (Å²) in [7, 11) is 0. The molecule has 0 bridgehead atoms. The molecule has 0 heterocycles. The van der Waals surface area contributed by atoms with Gasteiger partial charge in [0, 0.05) is 24.1 Å². The third kappa shape index (κ3) is 2.53. The normalized spacial score (nSPS) is 50.9.